The van der Waals surface area contributed by atoms with Crippen molar-refractivity contribution in [3.63, 3.8) is 0 Å². The summed E-state index contributed by atoms with van der Waals surface area (Å²) < 4.78 is 18.9. The number of carbonyl (C=O) groups excluding carboxylic acids is 1. The first-order chi connectivity index (χ1) is 15.1. The van der Waals surface area contributed by atoms with E-state index < -0.39 is 0 Å². The Labute approximate surface area is 180 Å². The average Bonchev–Trinajstić information content (AvgIpc) is 3.62. The third-order valence-electron chi connectivity index (χ3n) is 5.95. The van der Waals surface area contributed by atoms with Crippen molar-refractivity contribution >= 4 is 28.3 Å². The predicted molar refractivity (Wildman–Crippen MR) is 120 cm³/mol. The van der Waals surface area contributed by atoms with Gasteiger partial charge in [0.15, 0.2) is 0 Å². The number of aromatic nitrogens is 1. The lowest BCUT2D eigenvalue weighted by Gasteiger charge is -2.37. The number of nitrogens with one attached hydrogen (secondary N) is 1. The second-order valence-corrected chi connectivity index (χ2v) is 8.08. The fraction of sp³-hybridized carbons (Fsp3) is 0.333. The van der Waals surface area contributed by atoms with Crippen molar-refractivity contribution in [3.8, 4) is 5.75 Å². The van der Waals surface area contributed by atoms with Gasteiger partial charge in [-0.15, -0.1) is 0 Å². The van der Waals surface area contributed by atoms with E-state index in [-0.39, 0.29) is 11.7 Å². The fourth-order valence-electron chi connectivity index (χ4n) is 4.09. The first kappa shape index (κ1) is 19.6. The van der Waals surface area contributed by atoms with Crippen LogP contribution in [0.1, 0.15) is 23.2 Å². The molecule has 0 spiro atoms. The average molecular weight is 420 g/mol. The Morgan fingerprint density at radius 1 is 1.06 bits per heavy atom. The molecule has 31 heavy (non-hydrogen) atoms. The number of benzene rings is 2. The summed E-state index contributed by atoms with van der Waals surface area (Å²) in [6.45, 7) is 2.99. The molecule has 2 aromatic carbocycles. The predicted octanol–water partition coefficient (Wildman–Crippen LogP) is 3.60. The first-order valence-electron chi connectivity index (χ1n) is 10.7. The van der Waals surface area contributed by atoms with Crippen LogP contribution in [0.2, 0.25) is 0 Å². The number of rotatable bonds is 5. The number of fused-ring (bicyclic) bond motifs is 1. The molecule has 2 aliphatic rings. The molecule has 0 bridgehead atoms. The molecule has 1 saturated heterocycles. The van der Waals surface area contributed by atoms with Crippen LogP contribution in [0.25, 0.3) is 10.9 Å². The fourth-order valence-corrected chi connectivity index (χ4v) is 4.09. The molecule has 0 atom stereocenters. The Bertz CT molecular complexity index is 1120. The van der Waals surface area contributed by atoms with Gasteiger partial charge in [0, 0.05) is 43.7 Å². The number of anilines is 2. The van der Waals surface area contributed by atoms with Crippen LogP contribution in [0.5, 0.6) is 5.75 Å². The highest BCUT2D eigenvalue weighted by Crippen LogP contribution is 2.31. The molecular formula is C24H25FN4O2. The highest BCUT2D eigenvalue weighted by molar-refractivity contribution is 6.07. The van der Waals surface area contributed by atoms with E-state index in [1.807, 2.05) is 30.3 Å². The van der Waals surface area contributed by atoms with Crippen LogP contribution in [0.3, 0.4) is 0 Å². The second kappa shape index (κ2) is 8.06. The highest BCUT2D eigenvalue weighted by atomic mass is 19.1. The SMILES string of the molecule is COc1cc(F)ccc1N1CCN(c2cc(C(=O)NC3CC3)c3ccccc3n2)CC1. The number of hydrogen-bond donors (Lipinski definition) is 1. The molecule has 1 aliphatic heterocycles. The molecular weight excluding hydrogens is 395 g/mol. The van der Waals surface area contributed by atoms with E-state index in [1.54, 1.807) is 13.2 Å². The lowest BCUT2D eigenvalue weighted by molar-refractivity contribution is 0.0952. The number of hydrogen-bond acceptors (Lipinski definition) is 5. The quantitative estimate of drug-likeness (QED) is 0.684. The second-order valence-electron chi connectivity index (χ2n) is 8.08. The number of amides is 1. The number of pyridine rings is 1. The summed E-state index contributed by atoms with van der Waals surface area (Å²) in [5.74, 6) is 1.01. The third kappa shape index (κ3) is 4.00. The van der Waals surface area contributed by atoms with Gasteiger partial charge in [0.1, 0.15) is 17.4 Å². The van der Waals surface area contributed by atoms with E-state index in [9.17, 15) is 9.18 Å². The van der Waals surface area contributed by atoms with Crippen LogP contribution in [0, 0.1) is 5.82 Å². The minimum Gasteiger partial charge on any atom is -0.494 e. The summed E-state index contributed by atoms with van der Waals surface area (Å²) in [6, 6.07) is 14.6. The molecule has 1 aromatic heterocycles. The van der Waals surface area contributed by atoms with Crippen molar-refractivity contribution in [1.82, 2.24) is 10.3 Å². The van der Waals surface area contributed by atoms with Crippen LogP contribution in [0.4, 0.5) is 15.9 Å². The van der Waals surface area contributed by atoms with Gasteiger partial charge in [-0.3, -0.25) is 4.79 Å². The van der Waals surface area contributed by atoms with E-state index in [1.165, 1.54) is 12.1 Å². The van der Waals surface area contributed by atoms with Gasteiger partial charge in [-0.2, -0.15) is 0 Å². The van der Waals surface area contributed by atoms with E-state index in [0.717, 1.165) is 61.4 Å². The maximum absolute atomic E-state index is 13.6. The van der Waals surface area contributed by atoms with E-state index in [4.69, 9.17) is 9.72 Å². The summed E-state index contributed by atoms with van der Waals surface area (Å²) in [5.41, 5.74) is 2.39. The molecule has 0 unspecified atom stereocenters. The Balaban J connectivity index is 1.39. The summed E-state index contributed by atoms with van der Waals surface area (Å²) in [5, 5.41) is 3.97. The Morgan fingerprint density at radius 3 is 2.55 bits per heavy atom. The van der Waals surface area contributed by atoms with E-state index in [2.05, 4.69) is 15.1 Å². The number of nitrogens with zero attached hydrogens (tertiary/aromatic N) is 3. The number of carbonyl (C=O) groups is 1. The van der Waals surface area contributed by atoms with Gasteiger partial charge in [-0.1, -0.05) is 18.2 Å². The summed E-state index contributed by atoms with van der Waals surface area (Å²) >= 11 is 0. The maximum Gasteiger partial charge on any atom is 0.252 e. The first-order valence-corrected chi connectivity index (χ1v) is 10.7. The van der Waals surface area contributed by atoms with Gasteiger partial charge in [0.05, 0.1) is 23.9 Å². The van der Waals surface area contributed by atoms with Gasteiger partial charge >= 0.3 is 0 Å². The zero-order chi connectivity index (χ0) is 21.4. The molecule has 2 heterocycles. The minimum absolute atomic E-state index is 0.0305. The van der Waals surface area contributed by atoms with E-state index in [0.29, 0.717) is 17.4 Å². The van der Waals surface area contributed by atoms with Crippen molar-refractivity contribution in [2.24, 2.45) is 0 Å². The van der Waals surface area contributed by atoms with Crippen molar-refractivity contribution in [2.75, 3.05) is 43.1 Å². The molecule has 1 amide bonds. The molecule has 2 fully saturated rings. The van der Waals surface area contributed by atoms with Crippen molar-refractivity contribution in [1.29, 1.82) is 0 Å². The molecule has 1 saturated carbocycles. The number of piperazine rings is 1. The van der Waals surface area contributed by atoms with Crippen molar-refractivity contribution in [2.45, 2.75) is 18.9 Å². The summed E-state index contributed by atoms with van der Waals surface area (Å²) in [4.78, 5) is 22.1. The zero-order valence-corrected chi connectivity index (χ0v) is 17.5. The van der Waals surface area contributed by atoms with Gasteiger partial charge in [-0.05, 0) is 37.1 Å². The molecule has 160 valence electrons. The van der Waals surface area contributed by atoms with Crippen molar-refractivity contribution < 1.29 is 13.9 Å². The molecule has 1 N–H and O–H groups in total. The Kier molecular flexibility index (Phi) is 5.10. The Morgan fingerprint density at radius 2 is 1.81 bits per heavy atom. The molecule has 1 aliphatic carbocycles. The normalized spacial score (nSPS) is 16.5. The van der Waals surface area contributed by atoms with Gasteiger partial charge < -0.3 is 19.9 Å². The lowest BCUT2D eigenvalue weighted by atomic mass is 10.1. The van der Waals surface area contributed by atoms with Crippen LogP contribution in [0.15, 0.2) is 48.5 Å². The molecule has 6 nitrogen and oxygen atoms in total. The molecule has 7 heteroatoms. The van der Waals surface area contributed by atoms with Crippen molar-refractivity contribution in [3.05, 3.63) is 59.9 Å². The largest absolute Gasteiger partial charge is 0.494 e. The molecule has 3 aromatic rings. The van der Waals surface area contributed by atoms with Gasteiger partial charge in [-0.25, -0.2) is 9.37 Å². The Hall–Kier alpha value is -3.35. The maximum atomic E-state index is 13.6. The molecule has 0 radical (unpaired) electrons. The molecule has 5 rings (SSSR count). The van der Waals surface area contributed by atoms with E-state index >= 15 is 0 Å². The summed E-state index contributed by atoms with van der Waals surface area (Å²) in [7, 11) is 1.56. The number of methoxy groups -OCH3 is 1. The van der Waals surface area contributed by atoms with Crippen LogP contribution in [-0.2, 0) is 0 Å². The third-order valence-corrected chi connectivity index (χ3v) is 5.95. The topological polar surface area (TPSA) is 57.7 Å². The van der Waals surface area contributed by atoms with Crippen LogP contribution in [-0.4, -0.2) is 50.2 Å². The van der Waals surface area contributed by atoms with Crippen LogP contribution < -0.4 is 19.9 Å². The standard InChI is InChI=1S/C24H25FN4O2/c1-31-22-14-16(25)6-9-21(22)28-10-12-29(13-11-28)23-15-19(24(30)26-17-7-8-17)18-4-2-3-5-20(18)27-23/h2-6,9,14-15,17H,7-8,10-13H2,1H3,(H,26,30). The minimum atomic E-state index is -0.309. The van der Waals surface area contributed by atoms with Gasteiger partial charge in [0.2, 0.25) is 0 Å². The van der Waals surface area contributed by atoms with Crippen LogP contribution >= 0.6 is 0 Å². The summed E-state index contributed by atoms with van der Waals surface area (Å²) in [6.07, 6.45) is 2.10. The number of para-hydroxylation sites is 1. The number of halogens is 1. The number of ether oxygens (including phenoxy) is 1. The highest BCUT2D eigenvalue weighted by Gasteiger charge is 2.26. The smallest absolute Gasteiger partial charge is 0.252 e. The zero-order valence-electron chi connectivity index (χ0n) is 17.5. The van der Waals surface area contributed by atoms with Gasteiger partial charge in [0.25, 0.3) is 5.91 Å². The monoisotopic (exact) mass is 420 g/mol. The lowest BCUT2D eigenvalue weighted by Crippen LogP contribution is -2.47.